The lowest BCUT2D eigenvalue weighted by atomic mass is 9.97. The molecule has 1 heterocycles. The second kappa shape index (κ2) is 5.84. The lowest BCUT2D eigenvalue weighted by Gasteiger charge is -2.24. The van der Waals surface area contributed by atoms with Crippen LogP contribution in [0.5, 0.6) is 0 Å². The van der Waals surface area contributed by atoms with Gasteiger partial charge in [0.15, 0.2) is 5.78 Å². The van der Waals surface area contributed by atoms with Crippen molar-refractivity contribution >= 4 is 11.9 Å². The molecule has 2 rings (SSSR count). The Labute approximate surface area is 123 Å². The van der Waals surface area contributed by atoms with Crippen LogP contribution in [-0.4, -0.2) is 35.5 Å². The van der Waals surface area contributed by atoms with Gasteiger partial charge in [-0.15, -0.1) is 0 Å². The molecular weight excluding hydrogens is 273 g/mol. The normalized spacial score (nSPS) is 18.7. The van der Waals surface area contributed by atoms with Crippen LogP contribution in [-0.2, 0) is 4.74 Å². The van der Waals surface area contributed by atoms with Crippen LogP contribution < -0.4 is 0 Å². The van der Waals surface area contributed by atoms with Crippen LogP contribution in [0.15, 0.2) is 24.3 Å². The highest BCUT2D eigenvalue weighted by molar-refractivity contribution is 5.98. The first-order chi connectivity index (χ1) is 9.78. The van der Waals surface area contributed by atoms with Crippen LogP contribution in [0.25, 0.3) is 0 Å². The minimum Gasteiger partial charge on any atom is -0.444 e. The number of likely N-dealkylation sites (tertiary alicyclic amines) is 1. The number of ether oxygens (including phenoxy) is 1. The monoisotopic (exact) mass is 293 g/mol. The Morgan fingerprint density at radius 3 is 2.57 bits per heavy atom. The number of ketones is 1. The molecule has 0 saturated carbocycles. The number of nitrogens with zero attached hydrogens (tertiary/aromatic N) is 1. The molecule has 1 atom stereocenters. The summed E-state index contributed by atoms with van der Waals surface area (Å²) in [5, 5.41) is 0. The molecule has 21 heavy (non-hydrogen) atoms. The Hall–Kier alpha value is -1.91. The van der Waals surface area contributed by atoms with Crippen LogP contribution in [0.2, 0.25) is 0 Å². The maximum Gasteiger partial charge on any atom is 0.410 e. The minimum atomic E-state index is -0.565. The Balaban J connectivity index is 2.01. The second-order valence-corrected chi connectivity index (χ2v) is 6.26. The Morgan fingerprint density at radius 1 is 1.29 bits per heavy atom. The van der Waals surface area contributed by atoms with Crippen molar-refractivity contribution < 1.29 is 18.7 Å². The fourth-order valence-corrected chi connectivity index (χ4v) is 2.35. The van der Waals surface area contributed by atoms with Gasteiger partial charge in [-0.1, -0.05) is 12.1 Å². The van der Waals surface area contributed by atoms with Crippen molar-refractivity contribution in [2.45, 2.75) is 32.8 Å². The molecule has 114 valence electrons. The van der Waals surface area contributed by atoms with E-state index in [0.29, 0.717) is 13.0 Å². The van der Waals surface area contributed by atoms with Crippen LogP contribution in [0.1, 0.15) is 37.6 Å². The maximum atomic E-state index is 13.6. The number of rotatable bonds is 2. The third kappa shape index (κ3) is 3.80. The van der Waals surface area contributed by atoms with Gasteiger partial charge in [0.2, 0.25) is 0 Å². The molecule has 1 aromatic rings. The van der Waals surface area contributed by atoms with E-state index in [9.17, 15) is 14.0 Å². The van der Waals surface area contributed by atoms with Gasteiger partial charge >= 0.3 is 6.09 Å². The summed E-state index contributed by atoms with van der Waals surface area (Å²) in [6, 6.07) is 5.94. The molecule has 0 unspecified atom stereocenters. The van der Waals surface area contributed by atoms with Gasteiger partial charge in [0, 0.05) is 19.0 Å². The van der Waals surface area contributed by atoms with Gasteiger partial charge in [-0.2, -0.15) is 0 Å². The zero-order valence-corrected chi connectivity index (χ0v) is 12.6. The fourth-order valence-electron chi connectivity index (χ4n) is 2.35. The number of hydrogen-bond donors (Lipinski definition) is 0. The van der Waals surface area contributed by atoms with Gasteiger partial charge in [-0.25, -0.2) is 9.18 Å². The average molecular weight is 293 g/mol. The van der Waals surface area contributed by atoms with E-state index in [4.69, 9.17) is 4.74 Å². The van der Waals surface area contributed by atoms with E-state index in [1.807, 2.05) is 0 Å². The number of hydrogen-bond acceptors (Lipinski definition) is 3. The average Bonchev–Trinajstić information content (AvgIpc) is 2.86. The predicted octanol–water partition coefficient (Wildman–Crippen LogP) is 3.27. The summed E-state index contributed by atoms with van der Waals surface area (Å²) >= 11 is 0. The molecule has 0 bridgehead atoms. The molecular formula is C16H20FNO3. The first-order valence-corrected chi connectivity index (χ1v) is 7.04. The highest BCUT2D eigenvalue weighted by Gasteiger charge is 2.34. The van der Waals surface area contributed by atoms with Gasteiger partial charge < -0.3 is 9.64 Å². The summed E-state index contributed by atoms with van der Waals surface area (Å²) < 4.78 is 18.9. The lowest BCUT2D eigenvalue weighted by molar-refractivity contribution is 0.0289. The topological polar surface area (TPSA) is 46.6 Å². The number of benzene rings is 1. The molecule has 0 N–H and O–H groups in total. The molecule has 1 fully saturated rings. The van der Waals surface area contributed by atoms with Crippen LogP contribution in [0, 0.1) is 11.7 Å². The molecule has 1 saturated heterocycles. The minimum absolute atomic E-state index is 0.0912. The molecule has 0 aliphatic carbocycles. The van der Waals surface area contributed by atoms with Crippen molar-refractivity contribution in [1.29, 1.82) is 0 Å². The molecule has 0 aromatic heterocycles. The smallest absolute Gasteiger partial charge is 0.410 e. The molecule has 1 aliphatic heterocycles. The number of Topliss-reactive ketones (excluding diaryl/α,β-unsaturated/α-hetero) is 1. The molecule has 1 aromatic carbocycles. The largest absolute Gasteiger partial charge is 0.444 e. The molecule has 0 radical (unpaired) electrons. The van der Waals surface area contributed by atoms with E-state index in [1.54, 1.807) is 32.9 Å². The third-order valence-electron chi connectivity index (χ3n) is 3.35. The van der Waals surface area contributed by atoms with E-state index < -0.39 is 17.5 Å². The first-order valence-electron chi connectivity index (χ1n) is 7.04. The Kier molecular flexibility index (Phi) is 4.30. The molecule has 4 nitrogen and oxygen atoms in total. The Morgan fingerprint density at radius 2 is 1.95 bits per heavy atom. The molecule has 1 amide bonds. The second-order valence-electron chi connectivity index (χ2n) is 6.26. The predicted molar refractivity (Wildman–Crippen MR) is 76.6 cm³/mol. The highest BCUT2D eigenvalue weighted by Crippen LogP contribution is 2.23. The third-order valence-corrected chi connectivity index (χ3v) is 3.35. The van der Waals surface area contributed by atoms with Crippen molar-refractivity contribution in [2.75, 3.05) is 13.1 Å². The van der Waals surface area contributed by atoms with Crippen LogP contribution in [0.3, 0.4) is 0 Å². The van der Waals surface area contributed by atoms with Gasteiger partial charge in [0.25, 0.3) is 0 Å². The number of amides is 1. The zero-order valence-electron chi connectivity index (χ0n) is 12.6. The van der Waals surface area contributed by atoms with Gasteiger partial charge in [0.1, 0.15) is 11.4 Å². The maximum absolute atomic E-state index is 13.6. The van der Waals surface area contributed by atoms with Gasteiger partial charge in [-0.3, -0.25) is 4.79 Å². The summed E-state index contributed by atoms with van der Waals surface area (Å²) in [7, 11) is 0. The van der Waals surface area contributed by atoms with E-state index in [-0.39, 0.29) is 23.8 Å². The number of carbonyl (C=O) groups excluding carboxylic acids is 2. The van der Waals surface area contributed by atoms with E-state index in [1.165, 1.54) is 17.0 Å². The summed E-state index contributed by atoms with van der Waals surface area (Å²) in [6.07, 6.45) is 0.109. The van der Waals surface area contributed by atoms with Crippen LogP contribution >= 0.6 is 0 Å². The summed E-state index contributed by atoms with van der Waals surface area (Å²) in [4.78, 5) is 25.8. The molecule has 5 heteroatoms. The van der Waals surface area contributed by atoms with Gasteiger partial charge in [0.05, 0.1) is 5.56 Å². The highest BCUT2D eigenvalue weighted by atomic mass is 19.1. The molecule has 0 spiro atoms. The lowest BCUT2D eigenvalue weighted by Crippen LogP contribution is -2.35. The summed E-state index contributed by atoms with van der Waals surface area (Å²) in [5.74, 6) is -1.13. The fraction of sp³-hybridized carbons (Fsp3) is 0.500. The number of halogens is 1. The summed E-state index contributed by atoms with van der Waals surface area (Å²) in [6.45, 7) is 6.12. The van der Waals surface area contributed by atoms with E-state index >= 15 is 0 Å². The SMILES string of the molecule is CC(C)(C)OC(=O)N1CC[C@H](C(=O)c2ccccc2F)C1. The summed E-state index contributed by atoms with van der Waals surface area (Å²) in [5.41, 5.74) is -0.474. The quantitative estimate of drug-likeness (QED) is 0.786. The van der Waals surface area contributed by atoms with Crippen LogP contribution in [0.4, 0.5) is 9.18 Å². The van der Waals surface area contributed by atoms with Crippen molar-refractivity contribution in [3.8, 4) is 0 Å². The van der Waals surface area contributed by atoms with Crippen molar-refractivity contribution in [3.63, 3.8) is 0 Å². The van der Waals surface area contributed by atoms with Crippen molar-refractivity contribution in [2.24, 2.45) is 5.92 Å². The molecule has 1 aliphatic rings. The standard InChI is InChI=1S/C16H20FNO3/c1-16(2,3)21-15(20)18-9-8-11(10-18)14(19)12-6-4-5-7-13(12)17/h4-7,11H,8-10H2,1-3H3/t11-/m0/s1. The zero-order chi connectivity index (χ0) is 15.6. The van der Waals surface area contributed by atoms with Crippen molar-refractivity contribution in [3.05, 3.63) is 35.6 Å². The van der Waals surface area contributed by atoms with E-state index in [2.05, 4.69) is 0 Å². The van der Waals surface area contributed by atoms with Gasteiger partial charge in [-0.05, 0) is 39.3 Å². The van der Waals surface area contributed by atoms with E-state index in [0.717, 1.165) is 0 Å². The first kappa shape index (κ1) is 15.5. The number of carbonyl (C=O) groups is 2. The van der Waals surface area contributed by atoms with Crippen molar-refractivity contribution in [1.82, 2.24) is 4.90 Å². The Bertz CT molecular complexity index is 551.